The van der Waals surface area contributed by atoms with Crippen LogP contribution in [0.1, 0.15) is 19.3 Å². The van der Waals surface area contributed by atoms with Crippen LogP contribution in [0.3, 0.4) is 0 Å². The van der Waals surface area contributed by atoms with Crippen LogP contribution in [0.2, 0.25) is 0 Å². The lowest BCUT2D eigenvalue weighted by Gasteiger charge is -2.29. The number of aromatic nitrogens is 2. The van der Waals surface area contributed by atoms with E-state index in [1.807, 2.05) is 0 Å². The third kappa shape index (κ3) is 1.99. The van der Waals surface area contributed by atoms with E-state index in [-0.39, 0.29) is 5.82 Å². The maximum absolute atomic E-state index is 12.8. The lowest BCUT2D eigenvalue weighted by molar-refractivity contribution is 0.260. The molecule has 4 nitrogen and oxygen atoms in total. The third-order valence-electron chi connectivity index (χ3n) is 4.04. The van der Waals surface area contributed by atoms with Crippen molar-refractivity contribution in [3.63, 3.8) is 0 Å². The lowest BCUT2D eigenvalue weighted by atomic mass is 9.78. The molecular formula is C12H17FN4. The van der Waals surface area contributed by atoms with E-state index in [1.165, 1.54) is 25.2 Å². The molecule has 0 aromatic carbocycles. The van der Waals surface area contributed by atoms with Crippen molar-refractivity contribution in [1.29, 1.82) is 0 Å². The molecule has 0 spiro atoms. The summed E-state index contributed by atoms with van der Waals surface area (Å²) >= 11 is 0. The van der Waals surface area contributed by atoms with Crippen molar-refractivity contribution in [3.8, 4) is 0 Å². The Labute approximate surface area is 100 Å². The standard InChI is InChI=1S/C12H17FN4/c13-9-4-15-12(16-5-9)17-6-8-2-1-3-11(14)10(8)7-17/h4-5,8,10-11H,1-3,6-7,14H2. The van der Waals surface area contributed by atoms with Gasteiger partial charge in [-0.2, -0.15) is 0 Å². The molecule has 5 heteroatoms. The van der Waals surface area contributed by atoms with Crippen LogP contribution in [0, 0.1) is 17.7 Å². The molecule has 17 heavy (non-hydrogen) atoms. The van der Waals surface area contributed by atoms with Gasteiger partial charge in [0, 0.05) is 19.1 Å². The van der Waals surface area contributed by atoms with Crippen molar-refractivity contribution in [3.05, 3.63) is 18.2 Å². The molecule has 1 saturated heterocycles. The number of halogens is 1. The van der Waals surface area contributed by atoms with E-state index >= 15 is 0 Å². The first-order chi connectivity index (χ1) is 8.24. The third-order valence-corrected chi connectivity index (χ3v) is 4.04. The molecule has 1 aromatic rings. The summed E-state index contributed by atoms with van der Waals surface area (Å²) < 4.78 is 12.8. The first-order valence-corrected chi connectivity index (χ1v) is 6.22. The van der Waals surface area contributed by atoms with Crippen molar-refractivity contribution in [2.24, 2.45) is 17.6 Å². The minimum Gasteiger partial charge on any atom is -0.340 e. The zero-order chi connectivity index (χ0) is 11.8. The van der Waals surface area contributed by atoms with E-state index in [9.17, 15) is 4.39 Å². The number of hydrogen-bond donors (Lipinski definition) is 1. The largest absolute Gasteiger partial charge is 0.340 e. The van der Waals surface area contributed by atoms with Crippen LogP contribution in [-0.4, -0.2) is 29.1 Å². The van der Waals surface area contributed by atoms with E-state index in [1.54, 1.807) is 0 Å². The van der Waals surface area contributed by atoms with E-state index in [2.05, 4.69) is 14.9 Å². The maximum Gasteiger partial charge on any atom is 0.225 e. The zero-order valence-corrected chi connectivity index (χ0v) is 9.72. The van der Waals surface area contributed by atoms with E-state index < -0.39 is 0 Å². The molecule has 3 atom stereocenters. The molecule has 2 fully saturated rings. The quantitative estimate of drug-likeness (QED) is 0.795. The molecule has 2 heterocycles. The van der Waals surface area contributed by atoms with Crippen LogP contribution in [-0.2, 0) is 0 Å². The van der Waals surface area contributed by atoms with Crippen molar-refractivity contribution in [1.82, 2.24) is 9.97 Å². The van der Waals surface area contributed by atoms with Crippen LogP contribution >= 0.6 is 0 Å². The average Bonchev–Trinajstić information content (AvgIpc) is 2.75. The molecule has 3 unspecified atom stereocenters. The summed E-state index contributed by atoms with van der Waals surface area (Å²) in [5.41, 5.74) is 6.16. The average molecular weight is 236 g/mol. The molecule has 1 aliphatic carbocycles. The van der Waals surface area contributed by atoms with Gasteiger partial charge in [-0.05, 0) is 24.7 Å². The molecule has 2 aliphatic rings. The molecule has 0 bridgehead atoms. The van der Waals surface area contributed by atoms with Crippen molar-refractivity contribution >= 4 is 5.95 Å². The summed E-state index contributed by atoms with van der Waals surface area (Å²) in [6, 6.07) is 0.305. The van der Waals surface area contributed by atoms with Crippen molar-refractivity contribution < 1.29 is 4.39 Å². The number of anilines is 1. The number of rotatable bonds is 1. The molecule has 3 rings (SSSR count). The number of nitrogens with two attached hydrogens (primary N) is 1. The lowest BCUT2D eigenvalue weighted by Crippen LogP contribution is -2.38. The Hall–Kier alpha value is -1.23. The molecule has 0 radical (unpaired) electrons. The molecule has 1 saturated carbocycles. The molecule has 1 aromatic heterocycles. The minimum absolute atomic E-state index is 0.305. The summed E-state index contributed by atoms with van der Waals surface area (Å²) in [6.45, 7) is 1.88. The maximum atomic E-state index is 12.8. The highest BCUT2D eigenvalue weighted by molar-refractivity contribution is 5.31. The SMILES string of the molecule is NC1CCCC2CN(c3ncc(F)cn3)CC12. The first kappa shape index (κ1) is 10.9. The van der Waals surface area contributed by atoms with Gasteiger partial charge in [0.1, 0.15) is 0 Å². The highest BCUT2D eigenvalue weighted by Gasteiger charge is 2.39. The second kappa shape index (κ2) is 4.22. The summed E-state index contributed by atoms with van der Waals surface area (Å²) in [6.07, 6.45) is 6.05. The van der Waals surface area contributed by atoms with E-state index in [0.717, 1.165) is 19.5 Å². The molecular weight excluding hydrogens is 219 g/mol. The van der Waals surface area contributed by atoms with Gasteiger partial charge in [-0.3, -0.25) is 0 Å². The minimum atomic E-state index is -0.387. The van der Waals surface area contributed by atoms with Crippen LogP contribution in [0.4, 0.5) is 10.3 Å². The van der Waals surface area contributed by atoms with Gasteiger partial charge in [0.2, 0.25) is 5.95 Å². The summed E-state index contributed by atoms with van der Waals surface area (Å²) in [5.74, 6) is 1.46. The molecule has 0 amide bonds. The van der Waals surface area contributed by atoms with Crippen molar-refractivity contribution in [2.45, 2.75) is 25.3 Å². The van der Waals surface area contributed by atoms with Gasteiger partial charge in [-0.15, -0.1) is 0 Å². The molecule has 92 valence electrons. The predicted octanol–water partition coefficient (Wildman–Crippen LogP) is 1.18. The van der Waals surface area contributed by atoms with Crippen LogP contribution in [0.25, 0.3) is 0 Å². The normalized spacial score (nSPS) is 32.6. The van der Waals surface area contributed by atoms with Crippen molar-refractivity contribution in [2.75, 3.05) is 18.0 Å². The fourth-order valence-electron chi connectivity index (χ4n) is 3.15. The van der Waals surface area contributed by atoms with E-state index in [4.69, 9.17) is 5.73 Å². The van der Waals surface area contributed by atoms with E-state index in [0.29, 0.717) is 23.8 Å². The second-order valence-electron chi connectivity index (χ2n) is 5.12. The topological polar surface area (TPSA) is 55.0 Å². The number of hydrogen-bond acceptors (Lipinski definition) is 4. The van der Waals surface area contributed by atoms with Gasteiger partial charge in [0.15, 0.2) is 5.82 Å². The summed E-state index contributed by atoms with van der Waals surface area (Å²) in [7, 11) is 0. The Balaban J connectivity index is 1.76. The smallest absolute Gasteiger partial charge is 0.225 e. The molecule has 1 aliphatic heterocycles. The van der Waals surface area contributed by atoms with Crippen LogP contribution in [0.15, 0.2) is 12.4 Å². The molecule has 2 N–H and O–H groups in total. The fourth-order valence-corrected chi connectivity index (χ4v) is 3.15. The van der Waals surface area contributed by atoms with Gasteiger partial charge in [-0.1, -0.05) is 6.42 Å². The van der Waals surface area contributed by atoms with Gasteiger partial charge in [-0.25, -0.2) is 14.4 Å². The van der Waals surface area contributed by atoms with Crippen LogP contribution in [0.5, 0.6) is 0 Å². The fraction of sp³-hybridized carbons (Fsp3) is 0.667. The monoisotopic (exact) mass is 236 g/mol. The summed E-state index contributed by atoms with van der Waals surface area (Å²) in [4.78, 5) is 10.2. The Morgan fingerprint density at radius 1 is 1.24 bits per heavy atom. The predicted molar refractivity (Wildman–Crippen MR) is 63.0 cm³/mol. The Morgan fingerprint density at radius 3 is 2.71 bits per heavy atom. The first-order valence-electron chi connectivity index (χ1n) is 6.22. The van der Waals surface area contributed by atoms with Gasteiger partial charge in [0.25, 0.3) is 0 Å². The number of nitrogens with zero attached hydrogens (tertiary/aromatic N) is 3. The van der Waals surface area contributed by atoms with Gasteiger partial charge < -0.3 is 10.6 Å². The van der Waals surface area contributed by atoms with Gasteiger partial charge in [0.05, 0.1) is 12.4 Å². The number of fused-ring (bicyclic) bond motifs is 1. The second-order valence-corrected chi connectivity index (χ2v) is 5.12. The van der Waals surface area contributed by atoms with Crippen LogP contribution < -0.4 is 10.6 Å². The zero-order valence-electron chi connectivity index (χ0n) is 9.72. The highest BCUT2D eigenvalue weighted by atomic mass is 19.1. The van der Waals surface area contributed by atoms with Gasteiger partial charge >= 0.3 is 0 Å². The Morgan fingerprint density at radius 2 is 2.00 bits per heavy atom. The Bertz CT molecular complexity index is 394. The Kier molecular flexibility index (Phi) is 2.70. The highest BCUT2D eigenvalue weighted by Crippen LogP contribution is 2.36. The summed E-state index contributed by atoms with van der Waals surface area (Å²) in [5, 5.41) is 0.